The number of hydrogen-bond acceptors (Lipinski definition) is 6. The molecule has 8 nitrogen and oxygen atoms in total. The maximum absolute atomic E-state index is 5.87. The molecule has 4 heterocycles. The summed E-state index contributed by atoms with van der Waals surface area (Å²) < 4.78 is 0. The Morgan fingerprint density at radius 1 is 0.867 bits per heavy atom. The molecule has 0 amide bonds. The number of H-pyrrole nitrogens is 2. The van der Waals surface area contributed by atoms with Crippen LogP contribution >= 0.6 is 0 Å². The van der Waals surface area contributed by atoms with E-state index in [1.165, 1.54) is 6.42 Å². The zero-order chi connectivity index (χ0) is 20.5. The van der Waals surface area contributed by atoms with Crippen LogP contribution in [0.1, 0.15) is 43.5 Å². The maximum Gasteiger partial charge on any atom is 0.159 e. The first-order valence-corrected chi connectivity index (χ1v) is 10.2. The van der Waals surface area contributed by atoms with Crippen molar-refractivity contribution in [3.8, 4) is 33.9 Å². The monoisotopic (exact) mass is 400 g/mol. The van der Waals surface area contributed by atoms with E-state index in [1.54, 1.807) is 6.20 Å². The molecular weight excluding hydrogens is 376 g/mol. The summed E-state index contributed by atoms with van der Waals surface area (Å²) in [6.07, 6.45) is 9.62. The van der Waals surface area contributed by atoms with Gasteiger partial charge in [0.15, 0.2) is 5.82 Å². The highest BCUT2D eigenvalue weighted by atomic mass is 15.0. The van der Waals surface area contributed by atoms with Gasteiger partial charge in [-0.3, -0.25) is 0 Å². The van der Waals surface area contributed by atoms with Crippen LogP contribution in [0.15, 0.2) is 49.1 Å². The summed E-state index contributed by atoms with van der Waals surface area (Å²) in [4.78, 5) is 24.6. The Balaban J connectivity index is 1.32. The van der Waals surface area contributed by atoms with Gasteiger partial charge in [-0.1, -0.05) is 24.3 Å². The van der Waals surface area contributed by atoms with Crippen molar-refractivity contribution in [3.63, 3.8) is 0 Å². The largest absolute Gasteiger partial charge is 0.341 e. The maximum atomic E-state index is 5.87. The predicted octanol–water partition coefficient (Wildman–Crippen LogP) is 3.37. The van der Waals surface area contributed by atoms with Crippen LogP contribution in [0.2, 0.25) is 0 Å². The van der Waals surface area contributed by atoms with Crippen LogP contribution in [0, 0.1) is 0 Å². The highest BCUT2D eigenvalue weighted by molar-refractivity contribution is 5.66. The fraction of sp³-hybridized carbons (Fsp3) is 0.273. The average Bonchev–Trinajstić information content (AvgIpc) is 3.55. The van der Waals surface area contributed by atoms with Crippen molar-refractivity contribution < 1.29 is 0 Å². The van der Waals surface area contributed by atoms with Gasteiger partial charge in [0.2, 0.25) is 0 Å². The highest BCUT2D eigenvalue weighted by Crippen LogP contribution is 2.25. The Hall–Kier alpha value is -3.36. The van der Waals surface area contributed by atoms with E-state index in [9.17, 15) is 0 Å². The standard InChI is InChI=1S/C22H24N8/c1-13(23)20-27-11-18(29-20)14-4-6-15(7-5-14)21-25-9-16(10-26-21)19-12-28-22(30-19)17-3-2-8-24-17/h4-7,9-13,17,24H,2-3,8,23H2,1H3,(H,27,29)(H,28,30)/t13-,17-/m0/s1. The second-order valence-corrected chi connectivity index (χ2v) is 7.67. The summed E-state index contributed by atoms with van der Waals surface area (Å²) in [5.41, 5.74) is 10.7. The van der Waals surface area contributed by atoms with Gasteiger partial charge in [0.05, 0.1) is 35.9 Å². The van der Waals surface area contributed by atoms with Crippen LogP contribution in [0.4, 0.5) is 0 Å². The van der Waals surface area contributed by atoms with Crippen molar-refractivity contribution in [1.29, 1.82) is 0 Å². The smallest absolute Gasteiger partial charge is 0.159 e. The van der Waals surface area contributed by atoms with E-state index in [4.69, 9.17) is 5.73 Å². The molecule has 1 aliphatic rings. The Labute approximate surface area is 174 Å². The van der Waals surface area contributed by atoms with Crippen molar-refractivity contribution in [3.05, 3.63) is 60.7 Å². The lowest BCUT2D eigenvalue weighted by Crippen LogP contribution is -2.14. The number of imidazole rings is 2. The molecule has 0 bridgehead atoms. The minimum Gasteiger partial charge on any atom is -0.341 e. The third-order valence-electron chi connectivity index (χ3n) is 5.43. The zero-order valence-corrected chi connectivity index (χ0v) is 16.8. The molecule has 1 fully saturated rings. The van der Waals surface area contributed by atoms with Gasteiger partial charge in [-0.2, -0.15) is 0 Å². The third kappa shape index (κ3) is 3.62. The molecule has 30 heavy (non-hydrogen) atoms. The number of hydrogen-bond donors (Lipinski definition) is 4. The molecule has 5 N–H and O–H groups in total. The van der Waals surface area contributed by atoms with Gasteiger partial charge in [0.25, 0.3) is 0 Å². The van der Waals surface area contributed by atoms with Crippen LogP contribution < -0.4 is 11.1 Å². The number of nitrogens with one attached hydrogen (secondary N) is 3. The summed E-state index contributed by atoms with van der Waals surface area (Å²) in [6.45, 7) is 2.95. The van der Waals surface area contributed by atoms with Crippen molar-refractivity contribution in [2.24, 2.45) is 5.73 Å². The van der Waals surface area contributed by atoms with E-state index < -0.39 is 0 Å². The SMILES string of the molecule is C[C@H](N)c1ncc(-c2ccc(-c3ncc(-c4cnc([C@@H]5CCCN5)[nH]4)cn3)cc2)[nH]1. The lowest BCUT2D eigenvalue weighted by Gasteiger charge is -2.06. The summed E-state index contributed by atoms with van der Waals surface area (Å²) in [7, 11) is 0. The summed E-state index contributed by atoms with van der Waals surface area (Å²) in [6, 6.07) is 8.27. The molecule has 2 atom stereocenters. The summed E-state index contributed by atoms with van der Waals surface area (Å²) in [5, 5.41) is 3.45. The highest BCUT2D eigenvalue weighted by Gasteiger charge is 2.19. The third-order valence-corrected chi connectivity index (χ3v) is 5.43. The molecule has 0 spiro atoms. The van der Waals surface area contributed by atoms with Gasteiger partial charge in [-0.15, -0.1) is 0 Å². The van der Waals surface area contributed by atoms with Gasteiger partial charge in [0.1, 0.15) is 11.6 Å². The Kier molecular flexibility index (Phi) is 4.86. The molecule has 1 aromatic carbocycles. The predicted molar refractivity (Wildman–Crippen MR) is 115 cm³/mol. The normalized spacial score (nSPS) is 17.3. The molecule has 1 saturated heterocycles. The molecule has 0 radical (unpaired) electrons. The fourth-order valence-electron chi connectivity index (χ4n) is 3.71. The molecule has 5 rings (SSSR count). The van der Waals surface area contributed by atoms with Crippen molar-refractivity contribution in [2.45, 2.75) is 31.8 Å². The number of aromatic amines is 2. The topological polar surface area (TPSA) is 121 Å². The van der Waals surface area contributed by atoms with Crippen LogP contribution in [0.25, 0.3) is 33.9 Å². The fourth-order valence-corrected chi connectivity index (χ4v) is 3.71. The first-order valence-electron chi connectivity index (χ1n) is 10.2. The van der Waals surface area contributed by atoms with Crippen molar-refractivity contribution in [2.75, 3.05) is 6.54 Å². The Morgan fingerprint density at radius 2 is 1.57 bits per heavy atom. The van der Waals surface area contributed by atoms with Gasteiger partial charge < -0.3 is 21.0 Å². The van der Waals surface area contributed by atoms with E-state index in [0.717, 1.165) is 52.7 Å². The molecule has 0 aliphatic carbocycles. The lowest BCUT2D eigenvalue weighted by molar-refractivity contribution is 0.613. The van der Waals surface area contributed by atoms with E-state index in [-0.39, 0.29) is 6.04 Å². The first kappa shape index (κ1) is 18.7. The van der Waals surface area contributed by atoms with Crippen LogP contribution in [0.3, 0.4) is 0 Å². The van der Waals surface area contributed by atoms with Gasteiger partial charge in [-0.05, 0) is 31.9 Å². The molecule has 1 aliphatic heterocycles. The Morgan fingerprint density at radius 3 is 2.23 bits per heavy atom. The minimum atomic E-state index is -0.120. The van der Waals surface area contributed by atoms with E-state index in [2.05, 4.69) is 35.2 Å². The van der Waals surface area contributed by atoms with Crippen LogP contribution in [-0.2, 0) is 0 Å². The molecule has 152 valence electrons. The second kappa shape index (κ2) is 7.81. The van der Waals surface area contributed by atoms with E-state index >= 15 is 0 Å². The minimum absolute atomic E-state index is 0.120. The molecule has 3 aromatic heterocycles. The molecule has 0 unspecified atom stereocenters. The number of nitrogens with two attached hydrogens (primary N) is 1. The zero-order valence-electron chi connectivity index (χ0n) is 16.8. The van der Waals surface area contributed by atoms with Gasteiger partial charge in [-0.25, -0.2) is 19.9 Å². The molecule has 8 heteroatoms. The Bertz CT molecular complexity index is 1120. The molecule has 0 saturated carbocycles. The van der Waals surface area contributed by atoms with Gasteiger partial charge in [0, 0.05) is 23.5 Å². The quantitative estimate of drug-likeness (QED) is 0.407. The molecule has 4 aromatic rings. The lowest BCUT2D eigenvalue weighted by atomic mass is 10.1. The number of nitrogens with zero attached hydrogens (tertiary/aromatic N) is 4. The number of rotatable bonds is 5. The van der Waals surface area contributed by atoms with Crippen molar-refractivity contribution >= 4 is 0 Å². The van der Waals surface area contributed by atoms with Gasteiger partial charge >= 0.3 is 0 Å². The summed E-state index contributed by atoms with van der Waals surface area (Å²) in [5.74, 6) is 2.44. The summed E-state index contributed by atoms with van der Waals surface area (Å²) >= 11 is 0. The number of aromatic nitrogens is 6. The van der Waals surface area contributed by atoms with Crippen molar-refractivity contribution in [1.82, 2.24) is 35.2 Å². The first-order chi connectivity index (χ1) is 14.7. The average molecular weight is 400 g/mol. The molecular formula is C22H24N8. The van der Waals surface area contributed by atoms with E-state index in [1.807, 2.05) is 49.8 Å². The van der Waals surface area contributed by atoms with E-state index in [0.29, 0.717) is 11.9 Å². The van der Waals surface area contributed by atoms with Crippen LogP contribution in [-0.4, -0.2) is 36.4 Å². The second-order valence-electron chi connectivity index (χ2n) is 7.67. The van der Waals surface area contributed by atoms with Crippen LogP contribution in [0.5, 0.6) is 0 Å². The number of benzene rings is 1.